The van der Waals surface area contributed by atoms with E-state index in [0.717, 1.165) is 24.8 Å². The van der Waals surface area contributed by atoms with Crippen LogP contribution in [0.25, 0.3) is 0 Å². The van der Waals surface area contributed by atoms with Crippen LogP contribution in [0.5, 0.6) is 0 Å². The summed E-state index contributed by atoms with van der Waals surface area (Å²) >= 11 is 0. The average molecular weight is 329 g/mol. The van der Waals surface area contributed by atoms with Crippen molar-refractivity contribution in [1.29, 1.82) is 0 Å². The Morgan fingerprint density at radius 2 is 1.83 bits per heavy atom. The van der Waals surface area contributed by atoms with Crippen molar-refractivity contribution in [3.8, 4) is 0 Å². The third kappa shape index (κ3) is 8.27. The second-order valence-corrected chi connectivity index (χ2v) is 6.27. The van der Waals surface area contributed by atoms with Crippen LogP contribution in [0.15, 0.2) is 41.0 Å². The molecule has 0 bridgehead atoms. The van der Waals surface area contributed by atoms with E-state index in [1.54, 1.807) is 18.3 Å². The zero-order valence-electron chi connectivity index (χ0n) is 14.9. The fraction of sp³-hybridized carbons (Fsp3) is 0.421. The maximum absolute atomic E-state index is 11.7. The summed E-state index contributed by atoms with van der Waals surface area (Å²) in [4.78, 5) is 23.4. The molecular weight excluding hydrogens is 302 g/mol. The lowest BCUT2D eigenvalue weighted by Crippen LogP contribution is -2.32. The van der Waals surface area contributed by atoms with Gasteiger partial charge in [0.15, 0.2) is 0 Å². The summed E-state index contributed by atoms with van der Waals surface area (Å²) < 4.78 is 0. The first-order valence-electron chi connectivity index (χ1n) is 8.21. The molecule has 1 aromatic rings. The van der Waals surface area contributed by atoms with Crippen LogP contribution in [0.4, 0.5) is 5.69 Å². The highest BCUT2D eigenvalue weighted by molar-refractivity contribution is 6.39. The van der Waals surface area contributed by atoms with Gasteiger partial charge in [-0.15, -0.1) is 0 Å². The Morgan fingerprint density at radius 1 is 1.17 bits per heavy atom. The van der Waals surface area contributed by atoms with E-state index in [2.05, 4.69) is 42.7 Å². The second-order valence-electron chi connectivity index (χ2n) is 6.27. The first-order valence-corrected chi connectivity index (χ1v) is 8.21. The highest BCUT2D eigenvalue weighted by atomic mass is 16.2. The first-order chi connectivity index (χ1) is 11.4. The van der Waals surface area contributed by atoms with Crippen LogP contribution >= 0.6 is 0 Å². The molecule has 5 heteroatoms. The SMILES string of the molecule is CC(C)=CCC[C@H](C)C/C=N\NC(=O)C(=O)Nc1ccc(C)cc1. The van der Waals surface area contributed by atoms with E-state index in [9.17, 15) is 9.59 Å². The number of carbonyl (C=O) groups excluding carboxylic acids is 2. The molecule has 0 unspecified atom stereocenters. The van der Waals surface area contributed by atoms with Gasteiger partial charge in [-0.1, -0.05) is 36.3 Å². The predicted molar refractivity (Wildman–Crippen MR) is 98.9 cm³/mol. The lowest BCUT2D eigenvalue weighted by molar-refractivity contribution is -0.136. The highest BCUT2D eigenvalue weighted by Crippen LogP contribution is 2.10. The number of benzene rings is 1. The maximum atomic E-state index is 11.7. The molecule has 0 saturated carbocycles. The van der Waals surface area contributed by atoms with Crippen molar-refractivity contribution in [1.82, 2.24) is 5.43 Å². The van der Waals surface area contributed by atoms with Crippen molar-refractivity contribution in [3.05, 3.63) is 41.5 Å². The number of allylic oxidation sites excluding steroid dienone is 2. The number of hydrogen-bond donors (Lipinski definition) is 2. The van der Waals surface area contributed by atoms with Gasteiger partial charge in [0.05, 0.1) is 0 Å². The Labute approximate surface area is 144 Å². The van der Waals surface area contributed by atoms with Gasteiger partial charge in [0.25, 0.3) is 0 Å². The standard InChI is InChI=1S/C19H27N3O2/c1-14(2)6-5-7-15(3)12-13-20-22-19(24)18(23)21-17-10-8-16(4)9-11-17/h6,8-11,13,15H,5,7,12H2,1-4H3,(H,21,23)(H,22,24)/b20-13-/t15-/m0/s1. The van der Waals surface area contributed by atoms with Gasteiger partial charge in [0.1, 0.15) is 0 Å². The van der Waals surface area contributed by atoms with E-state index < -0.39 is 11.8 Å². The van der Waals surface area contributed by atoms with Gasteiger partial charge >= 0.3 is 11.8 Å². The molecule has 0 fully saturated rings. The maximum Gasteiger partial charge on any atom is 0.329 e. The first kappa shape index (κ1) is 19.6. The molecule has 130 valence electrons. The normalized spacial score (nSPS) is 11.8. The van der Waals surface area contributed by atoms with Crippen molar-refractivity contribution in [3.63, 3.8) is 0 Å². The number of hydrogen-bond acceptors (Lipinski definition) is 3. The number of carbonyl (C=O) groups is 2. The number of nitrogens with zero attached hydrogens (tertiary/aromatic N) is 1. The Morgan fingerprint density at radius 3 is 2.46 bits per heavy atom. The van der Waals surface area contributed by atoms with E-state index >= 15 is 0 Å². The molecule has 0 aliphatic heterocycles. The molecule has 0 radical (unpaired) electrons. The molecule has 5 nitrogen and oxygen atoms in total. The Balaban J connectivity index is 2.30. The van der Waals surface area contributed by atoms with Gasteiger partial charge in [0, 0.05) is 11.9 Å². The minimum atomic E-state index is -0.774. The summed E-state index contributed by atoms with van der Waals surface area (Å²) in [5, 5.41) is 6.36. The Hall–Kier alpha value is -2.43. The number of amides is 2. The average Bonchev–Trinajstić information content (AvgIpc) is 2.53. The third-order valence-electron chi connectivity index (χ3n) is 3.49. The van der Waals surface area contributed by atoms with E-state index in [0.29, 0.717) is 11.6 Å². The fourth-order valence-electron chi connectivity index (χ4n) is 1.99. The molecule has 0 heterocycles. The monoisotopic (exact) mass is 329 g/mol. The zero-order valence-corrected chi connectivity index (χ0v) is 14.9. The summed E-state index contributed by atoms with van der Waals surface area (Å²) in [7, 11) is 0. The van der Waals surface area contributed by atoms with Crippen molar-refractivity contribution in [2.75, 3.05) is 5.32 Å². The molecule has 24 heavy (non-hydrogen) atoms. The van der Waals surface area contributed by atoms with Gasteiger partial charge in [-0.2, -0.15) is 5.10 Å². The van der Waals surface area contributed by atoms with Gasteiger partial charge in [-0.25, -0.2) is 5.43 Å². The topological polar surface area (TPSA) is 70.6 Å². The Kier molecular flexibility index (Phi) is 8.47. The smallest absolute Gasteiger partial charge is 0.318 e. The number of rotatable bonds is 7. The number of aryl methyl sites for hydroxylation is 1. The predicted octanol–water partition coefficient (Wildman–Crippen LogP) is 3.81. The molecule has 0 aliphatic rings. The minimum Gasteiger partial charge on any atom is -0.318 e. The molecule has 2 amide bonds. The fourth-order valence-corrected chi connectivity index (χ4v) is 1.99. The van der Waals surface area contributed by atoms with E-state index in [-0.39, 0.29) is 0 Å². The molecule has 0 saturated heterocycles. The van der Waals surface area contributed by atoms with E-state index in [1.165, 1.54) is 5.57 Å². The van der Waals surface area contributed by atoms with Crippen LogP contribution in [0, 0.1) is 12.8 Å². The van der Waals surface area contributed by atoms with Crippen LogP contribution in [0.2, 0.25) is 0 Å². The van der Waals surface area contributed by atoms with Gasteiger partial charge in [0.2, 0.25) is 0 Å². The molecule has 1 rings (SSSR count). The largest absolute Gasteiger partial charge is 0.329 e. The third-order valence-corrected chi connectivity index (χ3v) is 3.49. The summed E-state index contributed by atoms with van der Waals surface area (Å²) in [6.07, 6.45) is 6.73. The second kappa shape index (κ2) is 10.4. The lowest BCUT2D eigenvalue weighted by atomic mass is 10.0. The number of hydrazone groups is 1. The molecular formula is C19H27N3O2. The van der Waals surface area contributed by atoms with Gasteiger partial charge in [-0.3, -0.25) is 9.59 Å². The Bertz CT molecular complexity index is 600. The van der Waals surface area contributed by atoms with Gasteiger partial charge in [-0.05, 0) is 58.1 Å². The molecule has 0 aromatic heterocycles. The van der Waals surface area contributed by atoms with Crippen molar-refractivity contribution in [2.45, 2.75) is 47.0 Å². The summed E-state index contributed by atoms with van der Waals surface area (Å²) in [5.41, 5.74) is 5.24. The molecule has 2 N–H and O–H groups in total. The van der Waals surface area contributed by atoms with Crippen molar-refractivity contribution >= 4 is 23.7 Å². The van der Waals surface area contributed by atoms with Crippen molar-refractivity contribution < 1.29 is 9.59 Å². The lowest BCUT2D eigenvalue weighted by Gasteiger charge is -2.06. The molecule has 0 aliphatic carbocycles. The summed E-state index contributed by atoms with van der Waals surface area (Å²) in [6.45, 7) is 8.26. The van der Waals surface area contributed by atoms with Crippen LogP contribution in [0.3, 0.4) is 0 Å². The molecule has 1 aromatic carbocycles. The van der Waals surface area contributed by atoms with E-state index in [1.807, 2.05) is 19.1 Å². The van der Waals surface area contributed by atoms with Crippen LogP contribution < -0.4 is 10.7 Å². The van der Waals surface area contributed by atoms with Crippen LogP contribution in [-0.2, 0) is 9.59 Å². The summed E-state index contributed by atoms with van der Waals surface area (Å²) in [5.74, 6) is -1.03. The zero-order chi connectivity index (χ0) is 17.9. The van der Waals surface area contributed by atoms with Gasteiger partial charge < -0.3 is 5.32 Å². The summed E-state index contributed by atoms with van der Waals surface area (Å²) in [6, 6.07) is 7.22. The van der Waals surface area contributed by atoms with Crippen LogP contribution in [0.1, 0.15) is 45.6 Å². The number of anilines is 1. The quantitative estimate of drug-likeness (QED) is 0.346. The number of nitrogens with one attached hydrogen (secondary N) is 2. The molecule has 1 atom stereocenters. The molecule has 0 spiro atoms. The highest BCUT2D eigenvalue weighted by Gasteiger charge is 2.12. The minimum absolute atomic E-state index is 0.475. The van der Waals surface area contributed by atoms with Crippen molar-refractivity contribution in [2.24, 2.45) is 11.0 Å². The van der Waals surface area contributed by atoms with Crippen LogP contribution in [-0.4, -0.2) is 18.0 Å². The van der Waals surface area contributed by atoms with E-state index in [4.69, 9.17) is 0 Å².